The van der Waals surface area contributed by atoms with Gasteiger partial charge in [-0.05, 0) is 66.8 Å². The smallest absolute Gasteiger partial charge is 0.295 e. The number of aliphatic hydroxyl groups is 1. The zero-order valence-corrected chi connectivity index (χ0v) is 22.8. The fourth-order valence-electron chi connectivity index (χ4n) is 5.11. The molecule has 1 amide bonds. The highest BCUT2D eigenvalue weighted by Crippen LogP contribution is 2.40. The minimum Gasteiger partial charge on any atom is -0.507 e. The number of likely N-dealkylation sites (tertiary alicyclic amines) is 1. The lowest BCUT2D eigenvalue weighted by Crippen LogP contribution is -2.36. The van der Waals surface area contributed by atoms with Gasteiger partial charge in [0, 0.05) is 18.7 Å². The van der Waals surface area contributed by atoms with E-state index in [1.165, 1.54) is 4.90 Å². The third-order valence-corrected chi connectivity index (χ3v) is 7.30. The fourth-order valence-corrected chi connectivity index (χ4v) is 5.11. The van der Waals surface area contributed by atoms with E-state index in [2.05, 4.69) is 6.92 Å². The Morgan fingerprint density at radius 2 is 1.65 bits per heavy atom. The van der Waals surface area contributed by atoms with E-state index in [0.29, 0.717) is 42.4 Å². The number of unbranched alkanes of at least 4 members (excludes halogenated alkanes) is 1. The molecule has 0 radical (unpaired) electrons. The van der Waals surface area contributed by atoms with E-state index in [-0.39, 0.29) is 24.0 Å². The molecule has 208 valence electrons. The minimum absolute atomic E-state index is 0.0700. The summed E-state index contributed by atoms with van der Waals surface area (Å²) in [6, 6.07) is 23.4. The Hall–Kier alpha value is -4.10. The molecule has 3 aromatic carbocycles. The minimum atomic E-state index is -0.743. The molecule has 2 atom stereocenters. The van der Waals surface area contributed by atoms with Crippen LogP contribution in [-0.2, 0) is 20.9 Å². The van der Waals surface area contributed by atoms with Crippen molar-refractivity contribution in [2.45, 2.75) is 51.4 Å². The van der Waals surface area contributed by atoms with Gasteiger partial charge in [0.15, 0.2) is 0 Å². The molecule has 0 saturated carbocycles. The van der Waals surface area contributed by atoms with Crippen LogP contribution in [0.2, 0.25) is 0 Å². The lowest BCUT2D eigenvalue weighted by Gasteiger charge is -2.27. The van der Waals surface area contributed by atoms with Crippen LogP contribution in [-0.4, -0.2) is 47.6 Å². The van der Waals surface area contributed by atoms with E-state index in [9.17, 15) is 14.7 Å². The van der Waals surface area contributed by atoms with Gasteiger partial charge in [0.25, 0.3) is 11.7 Å². The van der Waals surface area contributed by atoms with E-state index in [1.54, 1.807) is 24.3 Å². The Bertz CT molecular complexity index is 1330. The van der Waals surface area contributed by atoms with Crippen molar-refractivity contribution < 1.29 is 28.9 Å². The van der Waals surface area contributed by atoms with Crippen LogP contribution in [0.4, 0.5) is 0 Å². The molecule has 2 aliphatic rings. The van der Waals surface area contributed by atoms with E-state index in [0.717, 1.165) is 31.2 Å². The molecule has 3 aromatic rings. The molecule has 7 heteroatoms. The number of ether oxygens (including phenoxy) is 3. The largest absolute Gasteiger partial charge is 0.507 e. The Morgan fingerprint density at radius 1 is 0.950 bits per heavy atom. The molecular formula is C33H35NO6. The summed E-state index contributed by atoms with van der Waals surface area (Å²) in [6.45, 7) is 4.05. The van der Waals surface area contributed by atoms with Crippen LogP contribution >= 0.6 is 0 Å². The van der Waals surface area contributed by atoms with Gasteiger partial charge in [-0.2, -0.15) is 0 Å². The molecule has 2 aliphatic heterocycles. The van der Waals surface area contributed by atoms with Crippen molar-refractivity contribution >= 4 is 17.4 Å². The zero-order chi connectivity index (χ0) is 27.9. The molecular weight excluding hydrogens is 506 g/mol. The quantitative estimate of drug-likeness (QED) is 0.138. The first-order chi connectivity index (χ1) is 19.5. The highest BCUT2D eigenvalue weighted by Gasteiger charge is 2.47. The number of hydrogen-bond donors (Lipinski definition) is 1. The molecule has 2 saturated heterocycles. The highest BCUT2D eigenvalue weighted by atomic mass is 16.5. The van der Waals surface area contributed by atoms with Crippen molar-refractivity contribution in [3.05, 3.63) is 101 Å². The first-order valence-corrected chi connectivity index (χ1v) is 13.9. The van der Waals surface area contributed by atoms with Gasteiger partial charge in [-0.1, -0.05) is 55.8 Å². The van der Waals surface area contributed by atoms with Gasteiger partial charge in [-0.3, -0.25) is 9.59 Å². The molecule has 40 heavy (non-hydrogen) atoms. The summed E-state index contributed by atoms with van der Waals surface area (Å²) in [5.74, 6) is -0.185. The monoisotopic (exact) mass is 541 g/mol. The molecule has 2 fully saturated rings. The summed E-state index contributed by atoms with van der Waals surface area (Å²) in [4.78, 5) is 28.2. The van der Waals surface area contributed by atoms with Crippen LogP contribution in [0.1, 0.15) is 55.3 Å². The number of benzene rings is 3. The van der Waals surface area contributed by atoms with Crippen LogP contribution in [0.25, 0.3) is 5.76 Å². The number of carbonyl (C=O) groups is 2. The van der Waals surface area contributed by atoms with E-state index in [4.69, 9.17) is 14.2 Å². The first-order valence-electron chi connectivity index (χ1n) is 13.9. The average Bonchev–Trinajstić information content (AvgIpc) is 3.59. The lowest BCUT2D eigenvalue weighted by molar-refractivity contribution is -0.140. The van der Waals surface area contributed by atoms with Gasteiger partial charge in [0.2, 0.25) is 0 Å². The highest BCUT2D eigenvalue weighted by molar-refractivity contribution is 6.46. The molecule has 0 aromatic heterocycles. The Balaban J connectivity index is 1.43. The first kappa shape index (κ1) is 27.5. The molecule has 0 aliphatic carbocycles. The Morgan fingerprint density at radius 3 is 2.33 bits per heavy atom. The van der Waals surface area contributed by atoms with Crippen LogP contribution in [0.3, 0.4) is 0 Å². The number of rotatable bonds is 11. The number of carbonyl (C=O) groups excluding carboxylic acids is 2. The van der Waals surface area contributed by atoms with Crippen molar-refractivity contribution in [2.75, 3.05) is 19.8 Å². The maximum Gasteiger partial charge on any atom is 0.295 e. The summed E-state index contributed by atoms with van der Waals surface area (Å²) >= 11 is 0. The lowest BCUT2D eigenvalue weighted by atomic mass is 9.95. The molecule has 0 bridgehead atoms. The molecule has 2 unspecified atom stereocenters. The van der Waals surface area contributed by atoms with Crippen LogP contribution in [0, 0.1) is 0 Å². The maximum atomic E-state index is 13.4. The number of aliphatic hydroxyl groups excluding tert-OH is 1. The number of Topliss-reactive ketones (excluding diaryl/α,β-unsaturated/α-hetero) is 1. The molecule has 2 heterocycles. The summed E-state index contributed by atoms with van der Waals surface area (Å²) in [5, 5.41) is 11.4. The van der Waals surface area contributed by atoms with Gasteiger partial charge < -0.3 is 24.2 Å². The Labute approximate surface area is 235 Å². The number of hydrogen-bond acceptors (Lipinski definition) is 6. The third-order valence-electron chi connectivity index (χ3n) is 7.30. The maximum absolute atomic E-state index is 13.4. The van der Waals surface area contributed by atoms with Gasteiger partial charge in [0.05, 0.1) is 24.3 Å². The van der Waals surface area contributed by atoms with Crippen molar-refractivity contribution in [1.29, 1.82) is 0 Å². The average molecular weight is 542 g/mol. The molecule has 5 rings (SSSR count). The van der Waals surface area contributed by atoms with Crippen molar-refractivity contribution in [1.82, 2.24) is 4.90 Å². The normalized spacial score (nSPS) is 20.2. The molecule has 1 N–H and O–H groups in total. The van der Waals surface area contributed by atoms with Crippen LogP contribution in [0.5, 0.6) is 11.5 Å². The topological polar surface area (TPSA) is 85.3 Å². The van der Waals surface area contributed by atoms with E-state index >= 15 is 0 Å². The second kappa shape index (κ2) is 12.8. The van der Waals surface area contributed by atoms with Crippen LogP contribution < -0.4 is 9.47 Å². The number of amides is 1. The predicted molar refractivity (Wildman–Crippen MR) is 152 cm³/mol. The standard InChI is InChI=1S/C33H35NO6/c1-2-3-19-38-26-17-13-25(14-18-26)31(35)29-30(34(33(37)32(29)36)21-28-10-7-20-39-28)24-11-15-27(16-12-24)40-22-23-8-5-4-6-9-23/h4-6,8-9,11-18,28,30,35H,2-3,7,10,19-22H2,1H3. The van der Waals surface area contributed by atoms with Crippen molar-refractivity contribution in [2.24, 2.45) is 0 Å². The van der Waals surface area contributed by atoms with Gasteiger partial charge in [0.1, 0.15) is 23.9 Å². The molecule has 7 nitrogen and oxygen atoms in total. The van der Waals surface area contributed by atoms with Gasteiger partial charge in [-0.25, -0.2) is 0 Å². The van der Waals surface area contributed by atoms with Gasteiger partial charge >= 0.3 is 0 Å². The number of nitrogens with zero attached hydrogens (tertiary/aromatic N) is 1. The van der Waals surface area contributed by atoms with Crippen molar-refractivity contribution in [3.63, 3.8) is 0 Å². The van der Waals surface area contributed by atoms with Gasteiger partial charge in [-0.15, -0.1) is 0 Å². The van der Waals surface area contributed by atoms with Crippen molar-refractivity contribution in [3.8, 4) is 11.5 Å². The summed E-state index contributed by atoms with van der Waals surface area (Å²) in [7, 11) is 0. The third kappa shape index (κ3) is 6.20. The summed E-state index contributed by atoms with van der Waals surface area (Å²) < 4.78 is 17.5. The summed E-state index contributed by atoms with van der Waals surface area (Å²) in [5.41, 5.74) is 2.29. The fraction of sp³-hybridized carbons (Fsp3) is 0.333. The zero-order valence-electron chi connectivity index (χ0n) is 22.8. The van der Waals surface area contributed by atoms with E-state index < -0.39 is 17.7 Å². The second-order valence-electron chi connectivity index (χ2n) is 10.2. The van der Waals surface area contributed by atoms with E-state index in [1.807, 2.05) is 54.6 Å². The second-order valence-corrected chi connectivity index (χ2v) is 10.2. The predicted octanol–water partition coefficient (Wildman–Crippen LogP) is 6.05. The number of ketones is 1. The van der Waals surface area contributed by atoms with Crippen LogP contribution in [0.15, 0.2) is 84.4 Å². The molecule has 0 spiro atoms. The summed E-state index contributed by atoms with van der Waals surface area (Å²) in [6.07, 6.45) is 3.58. The Kier molecular flexibility index (Phi) is 8.81. The SMILES string of the molecule is CCCCOc1ccc(C(O)=C2C(=O)C(=O)N(CC3CCCO3)C2c2ccc(OCc3ccccc3)cc2)cc1.